The molecule has 1 aliphatic heterocycles. The van der Waals surface area contributed by atoms with Crippen molar-refractivity contribution in [3.63, 3.8) is 0 Å². The summed E-state index contributed by atoms with van der Waals surface area (Å²) in [6.07, 6.45) is 3.85. The van der Waals surface area contributed by atoms with Crippen LogP contribution in [0.25, 0.3) is 0 Å². The van der Waals surface area contributed by atoms with Crippen molar-refractivity contribution in [2.24, 2.45) is 11.7 Å². The first kappa shape index (κ1) is 15.8. The Labute approximate surface area is 130 Å². The third-order valence-electron chi connectivity index (χ3n) is 4.28. The SMILES string of the molecule is COc1ccc(Br)c(C(CN)N2CCCC(C)CC2)c1. The van der Waals surface area contributed by atoms with Gasteiger partial charge in [0.2, 0.25) is 0 Å². The van der Waals surface area contributed by atoms with Gasteiger partial charge in [-0.25, -0.2) is 0 Å². The van der Waals surface area contributed by atoms with Crippen molar-refractivity contribution < 1.29 is 4.74 Å². The van der Waals surface area contributed by atoms with E-state index >= 15 is 0 Å². The number of rotatable bonds is 4. The molecule has 1 fully saturated rings. The van der Waals surface area contributed by atoms with Crippen molar-refractivity contribution in [2.45, 2.75) is 32.2 Å². The Morgan fingerprint density at radius 1 is 1.40 bits per heavy atom. The molecule has 1 saturated heterocycles. The third-order valence-corrected chi connectivity index (χ3v) is 5.00. The molecule has 0 bridgehead atoms. The summed E-state index contributed by atoms with van der Waals surface area (Å²) in [6.45, 7) is 5.26. The highest BCUT2D eigenvalue weighted by Gasteiger charge is 2.24. The summed E-state index contributed by atoms with van der Waals surface area (Å²) in [5.74, 6) is 1.72. The molecule has 0 saturated carbocycles. The van der Waals surface area contributed by atoms with E-state index in [0.717, 1.165) is 29.2 Å². The van der Waals surface area contributed by atoms with Gasteiger partial charge in [0.05, 0.1) is 7.11 Å². The molecular weight excluding hydrogens is 316 g/mol. The summed E-state index contributed by atoms with van der Waals surface area (Å²) in [6, 6.07) is 6.41. The Bertz CT molecular complexity index is 438. The largest absolute Gasteiger partial charge is 0.497 e. The van der Waals surface area contributed by atoms with Gasteiger partial charge in [0.25, 0.3) is 0 Å². The molecule has 0 aromatic heterocycles. The maximum Gasteiger partial charge on any atom is 0.119 e. The Balaban J connectivity index is 2.22. The lowest BCUT2D eigenvalue weighted by atomic mass is 10.0. The van der Waals surface area contributed by atoms with Crippen LogP contribution in [0.4, 0.5) is 0 Å². The van der Waals surface area contributed by atoms with Crippen molar-refractivity contribution in [1.82, 2.24) is 4.90 Å². The quantitative estimate of drug-likeness (QED) is 0.910. The highest BCUT2D eigenvalue weighted by molar-refractivity contribution is 9.10. The molecule has 2 N–H and O–H groups in total. The third kappa shape index (κ3) is 3.74. The zero-order valence-corrected chi connectivity index (χ0v) is 14.0. The average molecular weight is 341 g/mol. The van der Waals surface area contributed by atoms with Gasteiger partial charge < -0.3 is 10.5 Å². The number of hydrogen-bond donors (Lipinski definition) is 1. The number of nitrogens with zero attached hydrogens (tertiary/aromatic N) is 1. The highest BCUT2D eigenvalue weighted by Crippen LogP contribution is 2.32. The van der Waals surface area contributed by atoms with Gasteiger partial charge in [-0.15, -0.1) is 0 Å². The molecule has 2 atom stereocenters. The van der Waals surface area contributed by atoms with Crippen LogP contribution in [0.1, 0.15) is 37.8 Å². The van der Waals surface area contributed by atoms with Crippen molar-refractivity contribution in [1.29, 1.82) is 0 Å². The average Bonchev–Trinajstić information content (AvgIpc) is 2.67. The van der Waals surface area contributed by atoms with Crippen LogP contribution in [0.3, 0.4) is 0 Å². The second-order valence-electron chi connectivity index (χ2n) is 5.71. The zero-order valence-electron chi connectivity index (χ0n) is 12.4. The molecular formula is C16H25BrN2O. The van der Waals surface area contributed by atoms with E-state index in [-0.39, 0.29) is 6.04 Å². The van der Waals surface area contributed by atoms with Crippen LogP contribution in [0, 0.1) is 5.92 Å². The zero-order chi connectivity index (χ0) is 14.5. The van der Waals surface area contributed by atoms with Gasteiger partial charge in [0.1, 0.15) is 5.75 Å². The summed E-state index contributed by atoms with van der Waals surface area (Å²) >= 11 is 3.66. The molecule has 1 heterocycles. The van der Waals surface area contributed by atoms with E-state index in [2.05, 4.69) is 39.9 Å². The molecule has 2 unspecified atom stereocenters. The lowest BCUT2D eigenvalue weighted by molar-refractivity contribution is 0.206. The lowest BCUT2D eigenvalue weighted by Gasteiger charge is -2.31. The Kier molecular flexibility index (Phi) is 5.87. The van der Waals surface area contributed by atoms with E-state index in [9.17, 15) is 0 Å². The van der Waals surface area contributed by atoms with Gasteiger partial charge >= 0.3 is 0 Å². The fourth-order valence-corrected chi connectivity index (χ4v) is 3.48. The second kappa shape index (κ2) is 7.43. The van der Waals surface area contributed by atoms with E-state index in [1.807, 2.05) is 6.07 Å². The van der Waals surface area contributed by atoms with Crippen LogP contribution in [0.2, 0.25) is 0 Å². The molecule has 3 nitrogen and oxygen atoms in total. The minimum Gasteiger partial charge on any atom is -0.497 e. The maximum atomic E-state index is 6.08. The molecule has 0 radical (unpaired) electrons. The molecule has 1 aliphatic rings. The predicted molar refractivity (Wildman–Crippen MR) is 87.1 cm³/mol. The van der Waals surface area contributed by atoms with Gasteiger partial charge in [-0.05, 0) is 62.0 Å². The summed E-state index contributed by atoms with van der Waals surface area (Å²) in [4.78, 5) is 2.53. The van der Waals surface area contributed by atoms with Gasteiger partial charge in [-0.1, -0.05) is 22.9 Å². The van der Waals surface area contributed by atoms with Gasteiger partial charge in [0.15, 0.2) is 0 Å². The topological polar surface area (TPSA) is 38.5 Å². The lowest BCUT2D eigenvalue weighted by Crippen LogP contribution is -2.34. The number of nitrogens with two attached hydrogens (primary N) is 1. The first-order valence-electron chi connectivity index (χ1n) is 7.43. The van der Waals surface area contributed by atoms with E-state index in [0.29, 0.717) is 6.54 Å². The Hall–Kier alpha value is -0.580. The highest BCUT2D eigenvalue weighted by atomic mass is 79.9. The van der Waals surface area contributed by atoms with Crippen LogP contribution in [-0.4, -0.2) is 31.6 Å². The van der Waals surface area contributed by atoms with Crippen LogP contribution >= 0.6 is 15.9 Å². The number of methoxy groups -OCH3 is 1. The van der Waals surface area contributed by atoms with E-state index in [4.69, 9.17) is 10.5 Å². The van der Waals surface area contributed by atoms with Crippen LogP contribution < -0.4 is 10.5 Å². The van der Waals surface area contributed by atoms with Crippen molar-refractivity contribution >= 4 is 15.9 Å². The van der Waals surface area contributed by atoms with Crippen molar-refractivity contribution in [3.8, 4) is 5.75 Å². The van der Waals surface area contributed by atoms with Crippen LogP contribution in [0.15, 0.2) is 22.7 Å². The second-order valence-corrected chi connectivity index (χ2v) is 6.57. The Morgan fingerprint density at radius 3 is 2.90 bits per heavy atom. The smallest absolute Gasteiger partial charge is 0.119 e. The molecule has 0 aliphatic carbocycles. The number of ether oxygens (including phenoxy) is 1. The Morgan fingerprint density at radius 2 is 2.20 bits per heavy atom. The number of likely N-dealkylation sites (tertiary alicyclic amines) is 1. The fraction of sp³-hybridized carbons (Fsp3) is 0.625. The molecule has 0 amide bonds. The molecule has 0 spiro atoms. The summed E-state index contributed by atoms with van der Waals surface area (Å²) in [7, 11) is 1.71. The number of benzene rings is 1. The first-order chi connectivity index (χ1) is 9.65. The summed E-state index contributed by atoms with van der Waals surface area (Å²) in [5, 5.41) is 0. The number of hydrogen-bond acceptors (Lipinski definition) is 3. The van der Waals surface area contributed by atoms with E-state index in [1.165, 1.54) is 24.8 Å². The molecule has 1 aromatic rings. The first-order valence-corrected chi connectivity index (χ1v) is 8.22. The molecule has 1 aromatic carbocycles. The normalized spacial score (nSPS) is 22.3. The molecule has 112 valence electrons. The number of halogens is 1. The maximum absolute atomic E-state index is 6.08. The minimum atomic E-state index is 0.268. The molecule has 2 rings (SSSR count). The van der Waals surface area contributed by atoms with Crippen molar-refractivity contribution in [3.05, 3.63) is 28.2 Å². The minimum absolute atomic E-state index is 0.268. The fourth-order valence-electron chi connectivity index (χ4n) is 2.97. The summed E-state index contributed by atoms with van der Waals surface area (Å²) < 4.78 is 6.47. The monoisotopic (exact) mass is 340 g/mol. The standard InChI is InChI=1S/C16H25BrN2O/c1-12-4-3-8-19(9-7-12)16(11-18)14-10-13(20-2)5-6-15(14)17/h5-6,10,12,16H,3-4,7-9,11,18H2,1-2H3. The van der Waals surface area contributed by atoms with Gasteiger partial charge in [-0.3, -0.25) is 4.90 Å². The van der Waals surface area contributed by atoms with Crippen molar-refractivity contribution in [2.75, 3.05) is 26.7 Å². The van der Waals surface area contributed by atoms with Gasteiger partial charge in [-0.2, -0.15) is 0 Å². The molecule has 20 heavy (non-hydrogen) atoms. The van der Waals surface area contributed by atoms with E-state index in [1.54, 1.807) is 7.11 Å². The van der Waals surface area contributed by atoms with Gasteiger partial charge in [0, 0.05) is 17.1 Å². The molecule has 4 heteroatoms. The van der Waals surface area contributed by atoms with Crippen LogP contribution in [-0.2, 0) is 0 Å². The van der Waals surface area contributed by atoms with E-state index < -0.39 is 0 Å². The predicted octanol–water partition coefficient (Wildman–Crippen LogP) is 3.58. The van der Waals surface area contributed by atoms with Crippen LogP contribution in [0.5, 0.6) is 5.75 Å². The summed E-state index contributed by atoms with van der Waals surface area (Å²) in [5.41, 5.74) is 7.32.